The molecule has 1 N–H and O–H groups in total. The Kier molecular flexibility index (Phi) is 5.01. The number of carbonyl (C=O) groups is 1. The minimum Gasteiger partial charge on any atom is -0.447 e. The van der Waals surface area contributed by atoms with Crippen molar-refractivity contribution in [1.82, 2.24) is 0 Å². The van der Waals surface area contributed by atoms with Crippen LogP contribution in [-0.4, -0.2) is 33.2 Å². The maximum atomic E-state index is 12.9. The molecule has 0 aliphatic carbocycles. The van der Waals surface area contributed by atoms with Crippen LogP contribution in [0.15, 0.2) is 53.4 Å². The third kappa shape index (κ3) is 3.85. The predicted octanol–water partition coefficient (Wildman–Crippen LogP) is 3.55. The van der Waals surface area contributed by atoms with Gasteiger partial charge in [-0.05, 0) is 29.8 Å². The lowest BCUT2D eigenvalue weighted by atomic mass is 10.2. The molecule has 2 aromatic carbocycles. The molecule has 0 unspecified atom stereocenters. The first-order valence-corrected chi connectivity index (χ1v) is 9.36. The zero-order valence-electron chi connectivity index (χ0n) is 13.9. The van der Waals surface area contributed by atoms with E-state index in [-0.39, 0.29) is 18.8 Å². The number of carbonyl (C=O) groups excluding carboxylic acids is 1. The van der Waals surface area contributed by atoms with Gasteiger partial charge in [0.1, 0.15) is 6.61 Å². The topological polar surface area (TPSA) is 75.7 Å². The van der Waals surface area contributed by atoms with E-state index in [4.69, 9.17) is 4.74 Å². The second-order valence-electron chi connectivity index (χ2n) is 5.73. The molecule has 0 atom stereocenters. The average molecular weight is 400 g/mol. The van der Waals surface area contributed by atoms with Crippen LogP contribution in [0, 0.1) is 0 Å². The number of nitrogens with one attached hydrogen (secondary N) is 1. The number of hydrogen-bond donors (Lipinski definition) is 1. The van der Waals surface area contributed by atoms with Gasteiger partial charge in [-0.2, -0.15) is 13.2 Å². The van der Waals surface area contributed by atoms with Crippen LogP contribution in [0.5, 0.6) is 0 Å². The van der Waals surface area contributed by atoms with E-state index in [1.807, 2.05) is 0 Å². The summed E-state index contributed by atoms with van der Waals surface area (Å²) in [6, 6.07) is 11.6. The van der Waals surface area contributed by atoms with Gasteiger partial charge in [0.15, 0.2) is 0 Å². The van der Waals surface area contributed by atoms with Crippen molar-refractivity contribution in [2.24, 2.45) is 0 Å². The second-order valence-corrected chi connectivity index (χ2v) is 7.64. The first-order valence-electron chi connectivity index (χ1n) is 7.87. The summed E-state index contributed by atoms with van der Waals surface area (Å²) < 4.78 is 66.9. The number of hydrogen-bond acceptors (Lipinski definition) is 5. The van der Waals surface area contributed by atoms with Crippen molar-refractivity contribution in [2.75, 3.05) is 23.4 Å². The number of benzene rings is 2. The van der Waals surface area contributed by atoms with Crippen LogP contribution in [0.3, 0.4) is 0 Å². The molecule has 0 bridgehead atoms. The van der Waals surface area contributed by atoms with Gasteiger partial charge in [-0.15, -0.1) is 0 Å². The zero-order chi connectivity index (χ0) is 19.7. The van der Waals surface area contributed by atoms with Crippen molar-refractivity contribution >= 4 is 27.3 Å². The number of alkyl halides is 3. The van der Waals surface area contributed by atoms with Crippen molar-refractivity contribution in [3.63, 3.8) is 0 Å². The number of sulfone groups is 1. The van der Waals surface area contributed by atoms with Gasteiger partial charge >= 0.3 is 11.6 Å². The number of anilines is 2. The van der Waals surface area contributed by atoms with E-state index in [0.717, 1.165) is 6.07 Å². The maximum Gasteiger partial charge on any atom is 0.501 e. The van der Waals surface area contributed by atoms with Crippen molar-refractivity contribution in [2.45, 2.75) is 16.9 Å². The van der Waals surface area contributed by atoms with Crippen LogP contribution in [0.1, 0.15) is 5.56 Å². The molecular weight excluding hydrogens is 385 g/mol. The molecule has 27 heavy (non-hydrogen) atoms. The molecule has 3 rings (SSSR count). The van der Waals surface area contributed by atoms with Gasteiger partial charge in [0, 0.05) is 12.2 Å². The number of cyclic esters (lactones) is 1. The highest BCUT2D eigenvalue weighted by molar-refractivity contribution is 7.92. The lowest BCUT2D eigenvalue weighted by molar-refractivity contribution is -0.0435. The molecule has 2 aromatic rings. The summed E-state index contributed by atoms with van der Waals surface area (Å²) in [5, 5.41) is 2.72. The van der Waals surface area contributed by atoms with Gasteiger partial charge in [0.25, 0.3) is 9.84 Å². The third-order valence-electron chi connectivity index (χ3n) is 3.95. The summed E-state index contributed by atoms with van der Waals surface area (Å²) in [5.74, 6) is 0. The number of para-hydroxylation sites is 1. The summed E-state index contributed by atoms with van der Waals surface area (Å²) in [6.07, 6.45) is -0.471. The fourth-order valence-corrected chi connectivity index (χ4v) is 3.57. The number of amides is 1. The maximum absolute atomic E-state index is 12.9. The van der Waals surface area contributed by atoms with Gasteiger partial charge in [0.05, 0.1) is 17.1 Å². The first-order chi connectivity index (χ1) is 12.7. The standard InChI is InChI=1S/C17H15F3N2O4S/c18-17(19,20)27(24,25)15-7-2-1-6-14(15)21-11-12-4-3-5-13(10-12)22-8-9-26-16(22)23/h1-7,10,21H,8-9,11H2. The summed E-state index contributed by atoms with van der Waals surface area (Å²) in [4.78, 5) is 12.2. The molecule has 1 heterocycles. The largest absolute Gasteiger partial charge is 0.501 e. The molecule has 10 heteroatoms. The van der Waals surface area contributed by atoms with E-state index >= 15 is 0 Å². The van der Waals surface area contributed by atoms with E-state index in [9.17, 15) is 26.4 Å². The smallest absolute Gasteiger partial charge is 0.447 e. The molecule has 6 nitrogen and oxygen atoms in total. The lowest BCUT2D eigenvalue weighted by Gasteiger charge is -2.16. The van der Waals surface area contributed by atoms with Crippen molar-refractivity contribution in [3.8, 4) is 0 Å². The molecule has 0 spiro atoms. The molecule has 144 valence electrons. The molecule has 0 radical (unpaired) electrons. The van der Waals surface area contributed by atoms with Crippen LogP contribution < -0.4 is 10.2 Å². The first kappa shape index (κ1) is 19.0. The Morgan fingerprint density at radius 1 is 1.11 bits per heavy atom. The molecule has 0 saturated carbocycles. The number of nitrogens with zero attached hydrogens (tertiary/aromatic N) is 1. The average Bonchev–Trinajstić information content (AvgIpc) is 3.05. The second kappa shape index (κ2) is 7.10. The summed E-state index contributed by atoms with van der Waals surface area (Å²) in [6.45, 7) is 0.757. The number of ether oxygens (including phenoxy) is 1. The molecule has 1 aliphatic heterocycles. The van der Waals surface area contributed by atoms with Crippen LogP contribution >= 0.6 is 0 Å². The van der Waals surface area contributed by atoms with Gasteiger partial charge in [-0.25, -0.2) is 13.2 Å². The van der Waals surface area contributed by atoms with Gasteiger partial charge in [-0.1, -0.05) is 24.3 Å². The summed E-state index contributed by atoms with van der Waals surface area (Å²) >= 11 is 0. The molecular formula is C17H15F3N2O4S. The third-order valence-corrected chi connectivity index (χ3v) is 5.49. The lowest BCUT2D eigenvalue weighted by Crippen LogP contribution is -2.24. The van der Waals surface area contributed by atoms with Gasteiger partial charge < -0.3 is 10.1 Å². The van der Waals surface area contributed by atoms with Crippen LogP contribution in [-0.2, 0) is 21.1 Å². The predicted molar refractivity (Wildman–Crippen MR) is 92.1 cm³/mol. The Morgan fingerprint density at radius 3 is 2.52 bits per heavy atom. The van der Waals surface area contributed by atoms with Crippen LogP contribution in [0.4, 0.5) is 29.3 Å². The van der Waals surface area contributed by atoms with Crippen LogP contribution in [0.2, 0.25) is 0 Å². The molecule has 1 fully saturated rings. The van der Waals surface area contributed by atoms with E-state index in [1.54, 1.807) is 24.3 Å². The van der Waals surface area contributed by atoms with E-state index in [1.165, 1.54) is 23.1 Å². The normalized spacial score (nSPS) is 14.9. The number of rotatable bonds is 5. The van der Waals surface area contributed by atoms with Gasteiger partial charge in [-0.3, -0.25) is 4.90 Å². The molecule has 0 aromatic heterocycles. The Labute approximate surface area is 153 Å². The van der Waals surface area contributed by atoms with E-state index < -0.39 is 26.3 Å². The summed E-state index contributed by atoms with van der Waals surface area (Å²) in [5.41, 5.74) is -4.29. The van der Waals surface area contributed by atoms with Crippen molar-refractivity contribution in [3.05, 3.63) is 54.1 Å². The minimum absolute atomic E-state index is 0.0706. The zero-order valence-corrected chi connectivity index (χ0v) is 14.7. The quantitative estimate of drug-likeness (QED) is 0.831. The van der Waals surface area contributed by atoms with Crippen molar-refractivity contribution in [1.29, 1.82) is 0 Å². The monoisotopic (exact) mass is 400 g/mol. The Morgan fingerprint density at radius 2 is 1.85 bits per heavy atom. The molecule has 1 saturated heterocycles. The highest BCUT2D eigenvalue weighted by atomic mass is 32.2. The fraction of sp³-hybridized carbons (Fsp3) is 0.235. The van der Waals surface area contributed by atoms with Gasteiger partial charge in [0.2, 0.25) is 0 Å². The Bertz CT molecular complexity index is 961. The number of halogens is 3. The summed E-state index contributed by atoms with van der Waals surface area (Å²) in [7, 11) is -5.47. The van der Waals surface area contributed by atoms with E-state index in [0.29, 0.717) is 17.8 Å². The van der Waals surface area contributed by atoms with E-state index in [2.05, 4.69) is 5.32 Å². The molecule has 1 aliphatic rings. The highest BCUT2D eigenvalue weighted by Gasteiger charge is 2.47. The SMILES string of the molecule is O=C1OCCN1c1cccc(CNc2ccccc2S(=O)(=O)C(F)(F)F)c1. The van der Waals surface area contributed by atoms with Crippen LogP contribution in [0.25, 0.3) is 0 Å². The van der Waals surface area contributed by atoms with Crippen molar-refractivity contribution < 1.29 is 31.1 Å². The molecule has 1 amide bonds. The Balaban J connectivity index is 1.82. The fourth-order valence-electron chi connectivity index (χ4n) is 2.63. The highest BCUT2D eigenvalue weighted by Crippen LogP contribution is 2.34. The Hall–Kier alpha value is -2.75. The minimum atomic E-state index is -5.47.